The van der Waals surface area contributed by atoms with Crippen molar-refractivity contribution >= 4 is 17.1 Å². The molecule has 24 heavy (non-hydrogen) atoms. The Bertz CT molecular complexity index is 960. The van der Waals surface area contributed by atoms with Crippen LogP contribution in [0.3, 0.4) is 0 Å². The molecule has 0 amide bonds. The van der Waals surface area contributed by atoms with Crippen molar-refractivity contribution in [2.24, 2.45) is 0 Å². The molecule has 2 nitrogen and oxygen atoms in total. The van der Waals surface area contributed by atoms with Gasteiger partial charge in [-0.1, -0.05) is 54.1 Å². The van der Waals surface area contributed by atoms with Gasteiger partial charge in [-0.15, -0.1) is 0 Å². The molecule has 0 N–H and O–H groups in total. The largest absolute Gasteiger partial charge is 0.372 e. The van der Waals surface area contributed by atoms with Gasteiger partial charge in [0.2, 0.25) is 0 Å². The molecule has 1 atom stereocenters. The van der Waals surface area contributed by atoms with Crippen LogP contribution in [0.2, 0.25) is 0 Å². The van der Waals surface area contributed by atoms with E-state index in [9.17, 15) is 0 Å². The second kappa shape index (κ2) is 4.96. The van der Waals surface area contributed by atoms with Crippen LogP contribution in [0.1, 0.15) is 33.9 Å². The molecule has 1 unspecified atom stereocenters. The highest BCUT2D eigenvalue weighted by Gasteiger charge is 2.36. The predicted molar refractivity (Wildman–Crippen MR) is 97.5 cm³/mol. The number of benzene rings is 3. The minimum atomic E-state index is -0.00337. The fraction of sp³-hybridized carbons (Fsp3) is 0.182. The maximum atomic E-state index is 5.93. The SMILES string of the molecule is COC1c2ccccc2N2c3ccccc3Cc3cc(C)cc1c32. The summed E-state index contributed by atoms with van der Waals surface area (Å²) < 4.78 is 5.93. The van der Waals surface area contributed by atoms with E-state index in [4.69, 9.17) is 4.74 Å². The number of methoxy groups -OCH3 is 1. The molecule has 0 saturated heterocycles. The van der Waals surface area contributed by atoms with Crippen molar-refractivity contribution in [2.75, 3.05) is 12.0 Å². The molecule has 2 aliphatic heterocycles. The number of ether oxygens (including phenoxy) is 1. The molecule has 0 aliphatic carbocycles. The van der Waals surface area contributed by atoms with E-state index in [1.54, 1.807) is 0 Å². The lowest BCUT2D eigenvalue weighted by Gasteiger charge is -2.42. The quantitative estimate of drug-likeness (QED) is 0.465. The Kier molecular flexibility index (Phi) is 2.85. The Morgan fingerprint density at radius 1 is 0.875 bits per heavy atom. The van der Waals surface area contributed by atoms with Crippen LogP contribution in [0.25, 0.3) is 0 Å². The van der Waals surface area contributed by atoms with E-state index in [1.165, 1.54) is 44.9 Å². The number of aryl methyl sites for hydroxylation is 1. The molecule has 0 aromatic heterocycles. The Morgan fingerprint density at radius 2 is 1.62 bits per heavy atom. The van der Waals surface area contributed by atoms with Crippen molar-refractivity contribution in [3.8, 4) is 0 Å². The first-order valence-electron chi connectivity index (χ1n) is 8.41. The van der Waals surface area contributed by atoms with Crippen LogP contribution in [0.4, 0.5) is 17.1 Å². The average molecular weight is 313 g/mol. The molecule has 118 valence electrons. The van der Waals surface area contributed by atoms with Crippen LogP contribution in [-0.2, 0) is 11.2 Å². The maximum Gasteiger partial charge on any atom is 0.111 e. The third-order valence-electron chi connectivity index (χ3n) is 5.18. The number of para-hydroxylation sites is 2. The number of fused-ring (bicyclic) bond motifs is 4. The molecule has 0 fully saturated rings. The van der Waals surface area contributed by atoms with Gasteiger partial charge in [0.1, 0.15) is 6.10 Å². The van der Waals surface area contributed by atoms with E-state index < -0.39 is 0 Å². The van der Waals surface area contributed by atoms with Crippen molar-refractivity contribution < 1.29 is 4.74 Å². The van der Waals surface area contributed by atoms with Gasteiger partial charge in [0.15, 0.2) is 0 Å². The van der Waals surface area contributed by atoms with Crippen molar-refractivity contribution in [3.05, 3.63) is 88.5 Å². The van der Waals surface area contributed by atoms with E-state index in [2.05, 4.69) is 72.5 Å². The van der Waals surface area contributed by atoms with Gasteiger partial charge in [0.25, 0.3) is 0 Å². The Labute approximate surface area is 142 Å². The lowest BCUT2D eigenvalue weighted by molar-refractivity contribution is 0.136. The topological polar surface area (TPSA) is 12.5 Å². The van der Waals surface area contributed by atoms with Gasteiger partial charge in [-0.3, -0.25) is 0 Å². The van der Waals surface area contributed by atoms with Crippen LogP contribution in [-0.4, -0.2) is 7.11 Å². The van der Waals surface area contributed by atoms with Crippen molar-refractivity contribution in [1.82, 2.24) is 0 Å². The first-order chi connectivity index (χ1) is 11.8. The van der Waals surface area contributed by atoms with Crippen LogP contribution in [0, 0.1) is 6.92 Å². The zero-order valence-electron chi connectivity index (χ0n) is 13.9. The fourth-order valence-corrected chi connectivity index (χ4v) is 4.28. The second-order valence-electron chi connectivity index (χ2n) is 6.68. The van der Waals surface area contributed by atoms with Crippen molar-refractivity contribution in [2.45, 2.75) is 19.4 Å². The molecule has 5 rings (SSSR count). The molecule has 3 aromatic rings. The van der Waals surface area contributed by atoms with Crippen molar-refractivity contribution in [3.63, 3.8) is 0 Å². The summed E-state index contributed by atoms with van der Waals surface area (Å²) in [6.07, 6.45) is 0.978. The highest BCUT2D eigenvalue weighted by atomic mass is 16.5. The number of nitrogens with zero attached hydrogens (tertiary/aromatic N) is 1. The van der Waals surface area contributed by atoms with Crippen LogP contribution in [0.15, 0.2) is 60.7 Å². The van der Waals surface area contributed by atoms with Gasteiger partial charge in [0, 0.05) is 30.3 Å². The summed E-state index contributed by atoms with van der Waals surface area (Å²) in [7, 11) is 1.81. The molecule has 2 heteroatoms. The van der Waals surface area contributed by atoms with Crippen LogP contribution < -0.4 is 4.90 Å². The normalized spacial score (nSPS) is 17.1. The summed E-state index contributed by atoms with van der Waals surface area (Å²) in [5, 5.41) is 0. The minimum Gasteiger partial charge on any atom is -0.372 e. The van der Waals surface area contributed by atoms with Crippen LogP contribution in [0.5, 0.6) is 0 Å². The lowest BCUT2D eigenvalue weighted by atomic mass is 9.84. The third kappa shape index (κ3) is 1.75. The predicted octanol–water partition coefficient (Wildman–Crippen LogP) is 5.42. The molecule has 0 spiro atoms. The third-order valence-corrected chi connectivity index (χ3v) is 5.18. The molecule has 3 aromatic carbocycles. The first kappa shape index (κ1) is 13.8. The Balaban J connectivity index is 1.89. The van der Waals surface area contributed by atoms with Gasteiger partial charge in [-0.25, -0.2) is 0 Å². The molecule has 0 radical (unpaired) electrons. The van der Waals surface area contributed by atoms with E-state index in [0.717, 1.165) is 6.42 Å². The van der Waals surface area contributed by atoms with E-state index in [1.807, 2.05) is 7.11 Å². The van der Waals surface area contributed by atoms with Gasteiger partial charge in [-0.05, 0) is 30.2 Å². The van der Waals surface area contributed by atoms with Crippen LogP contribution >= 0.6 is 0 Å². The monoisotopic (exact) mass is 313 g/mol. The smallest absolute Gasteiger partial charge is 0.111 e. The summed E-state index contributed by atoms with van der Waals surface area (Å²) in [5.74, 6) is 0. The average Bonchev–Trinajstić information content (AvgIpc) is 2.61. The highest BCUT2D eigenvalue weighted by Crippen LogP contribution is 2.54. The van der Waals surface area contributed by atoms with E-state index in [0.29, 0.717) is 0 Å². The lowest BCUT2D eigenvalue weighted by Crippen LogP contribution is -2.27. The minimum absolute atomic E-state index is 0.00337. The number of hydrogen-bond acceptors (Lipinski definition) is 2. The molecule has 0 bridgehead atoms. The zero-order valence-corrected chi connectivity index (χ0v) is 13.9. The Hall–Kier alpha value is -2.58. The van der Waals surface area contributed by atoms with Gasteiger partial charge in [-0.2, -0.15) is 0 Å². The summed E-state index contributed by atoms with van der Waals surface area (Å²) in [5.41, 5.74) is 10.4. The number of anilines is 3. The highest BCUT2D eigenvalue weighted by molar-refractivity contribution is 5.89. The number of rotatable bonds is 1. The maximum absolute atomic E-state index is 5.93. The molecule has 2 aliphatic rings. The standard InChI is InChI=1S/C22H19NO/c1-14-11-16-13-15-7-3-5-9-19(15)23-20-10-6-4-8-17(20)22(24-2)18(12-14)21(16)23/h3-12,22H,13H2,1-2H3. The van der Waals surface area contributed by atoms with E-state index >= 15 is 0 Å². The van der Waals surface area contributed by atoms with E-state index in [-0.39, 0.29) is 6.10 Å². The van der Waals surface area contributed by atoms with Gasteiger partial charge in [0.05, 0.1) is 11.4 Å². The first-order valence-corrected chi connectivity index (χ1v) is 8.41. The summed E-state index contributed by atoms with van der Waals surface area (Å²) in [6.45, 7) is 2.18. The summed E-state index contributed by atoms with van der Waals surface area (Å²) in [6, 6.07) is 21.9. The summed E-state index contributed by atoms with van der Waals surface area (Å²) in [4.78, 5) is 2.42. The van der Waals surface area contributed by atoms with Gasteiger partial charge < -0.3 is 9.64 Å². The Morgan fingerprint density at radius 3 is 2.46 bits per heavy atom. The fourth-order valence-electron chi connectivity index (χ4n) is 4.28. The zero-order chi connectivity index (χ0) is 16.3. The molecule has 0 saturated carbocycles. The number of hydrogen-bond donors (Lipinski definition) is 0. The molecular formula is C22H19NO. The summed E-state index contributed by atoms with van der Waals surface area (Å²) >= 11 is 0. The second-order valence-corrected chi connectivity index (χ2v) is 6.68. The van der Waals surface area contributed by atoms with Gasteiger partial charge >= 0.3 is 0 Å². The molecular weight excluding hydrogens is 294 g/mol. The van der Waals surface area contributed by atoms with Crippen molar-refractivity contribution in [1.29, 1.82) is 0 Å². The molecule has 2 heterocycles.